The van der Waals surface area contributed by atoms with Crippen molar-refractivity contribution in [3.05, 3.63) is 24.0 Å². The third-order valence-electron chi connectivity index (χ3n) is 2.72. The first-order valence-corrected chi connectivity index (χ1v) is 7.69. The lowest BCUT2D eigenvalue weighted by atomic mass is 10.1. The summed E-state index contributed by atoms with van der Waals surface area (Å²) in [4.78, 5) is 20.6. The van der Waals surface area contributed by atoms with Gasteiger partial charge in [-0.05, 0) is 47.1 Å². The number of aromatic nitrogens is 1. The fraction of sp³-hybridized carbons (Fsp3) is 0.588. The normalized spacial score (nSPS) is 12.4. The molecule has 122 valence electrons. The van der Waals surface area contributed by atoms with E-state index in [9.17, 15) is 4.79 Å². The van der Waals surface area contributed by atoms with Gasteiger partial charge in [-0.25, -0.2) is 0 Å². The standard InChI is InChI=1S/C17H27N3O2/c1-7-14(20-12(2)3)13-8-9-18-10-15(13)19-11-16(21)22-17(4,5)6/h8-10,12,19H,7,11H2,1-6H3. The summed E-state index contributed by atoms with van der Waals surface area (Å²) >= 11 is 0. The van der Waals surface area contributed by atoms with Gasteiger partial charge in [0, 0.05) is 23.5 Å². The van der Waals surface area contributed by atoms with Gasteiger partial charge < -0.3 is 10.1 Å². The number of carbonyl (C=O) groups excluding carboxylic acids is 1. The van der Waals surface area contributed by atoms with Crippen molar-refractivity contribution >= 4 is 17.4 Å². The van der Waals surface area contributed by atoms with Crippen LogP contribution < -0.4 is 5.32 Å². The highest BCUT2D eigenvalue weighted by atomic mass is 16.6. The minimum atomic E-state index is -0.482. The first-order chi connectivity index (χ1) is 10.2. The minimum Gasteiger partial charge on any atom is -0.459 e. The summed E-state index contributed by atoms with van der Waals surface area (Å²) in [7, 11) is 0. The topological polar surface area (TPSA) is 63.6 Å². The Balaban J connectivity index is 2.86. The fourth-order valence-electron chi connectivity index (χ4n) is 1.99. The Bertz CT molecular complexity index is 531. The van der Waals surface area contributed by atoms with Crippen LogP contribution in [-0.4, -0.2) is 34.9 Å². The number of nitrogens with one attached hydrogen (secondary N) is 1. The summed E-state index contributed by atoms with van der Waals surface area (Å²) in [6, 6.07) is 2.14. The maximum atomic E-state index is 11.8. The maximum absolute atomic E-state index is 11.8. The molecule has 0 aliphatic carbocycles. The molecule has 0 amide bonds. The highest BCUT2D eigenvalue weighted by molar-refractivity contribution is 6.05. The molecule has 0 bridgehead atoms. The van der Waals surface area contributed by atoms with Crippen molar-refractivity contribution in [2.75, 3.05) is 11.9 Å². The molecular weight excluding hydrogens is 278 g/mol. The molecule has 0 saturated carbocycles. The molecule has 5 nitrogen and oxygen atoms in total. The van der Waals surface area contributed by atoms with E-state index in [4.69, 9.17) is 4.74 Å². The van der Waals surface area contributed by atoms with Gasteiger partial charge in [-0.2, -0.15) is 0 Å². The van der Waals surface area contributed by atoms with Crippen LogP contribution in [-0.2, 0) is 9.53 Å². The Morgan fingerprint density at radius 1 is 1.41 bits per heavy atom. The van der Waals surface area contributed by atoms with Crippen LogP contribution >= 0.6 is 0 Å². The second-order valence-electron chi connectivity index (χ2n) is 6.38. The van der Waals surface area contributed by atoms with Crippen molar-refractivity contribution < 1.29 is 9.53 Å². The van der Waals surface area contributed by atoms with E-state index in [0.717, 1.165) is 23.4 Å². The lowest BCUT2D eigenvalue weighted by molar-refractivity contribution is -0.152. The molecule has 0 saturated heterocycles. The van der Waals surface area contributed by atoms with Crippen LogP contribution in [0.5, 0.6) is 0 Å². The smallest absolute Gasteiger partial charge is 0.325 e. The molecule has 0 radical (unpaired) electrons. The fourth-order valence-corrected chi connectivity index (χ4v) is 1.99. The van der Waals surface area contributed by atoms with Crippen LogP contribution in [0.4, 0.5) is 5.69 Å². The molecule has 0 fully saturated rings. The van der Waals surface area contributed by atoms with Gasteiger partial charge in [-0.1, -0.05) is 6.92 Å². The van der Waals surface area contributed by atoms with Gasteiger partial charge in [-0.3, -0.25) is 14.8 Å². The van der Waals surface area contributed by atoms with Gasteiger partial charge >= 0.3 is 5.97 Å². The number of aliphatic imine (C=N–C) groups is 1. The van der Waals surface area contributed by atoms with Gasteiger partial charge in [-0.15, -0.1) is 0 Å². The maximum Gasteiger partial charge on any atom is 0.325 e. The van der Waals surface area contributed by atoms with Crippen molar-refractivity contribution in [1.82, 2.24) is 4.98 Å². The van der Waals surface area contributed by atoms with Gasteiger partial charge in [0.1, 0.15) is 12.1 Å². The van der Waals surface area contributed by atoms with Crippen LogP contribution in [0.1, 0.15) is 53.5 Å². The Morgan fingerprint density at radius 3 is 2.64 bits per heavy atom. The molecule has 1 rings (SSSR count). The molecule has 0 aliphatic heterocycles. The average Bonchev–Trinajstić information content (AvgIpc) is 2.41. The van der Waals surface area contributed by atoms with Gasteiger partial charge in [0.15, 0.2) is 0 Å². The molecule has 1 aromatic rings. The third kappa shape index (κ3) is 6.24. The number of carbonyl (C=O) groups is 1. The summed E-state index contributed by atoms with van der Waals surface area (Å²) in [5, 5.41) is 3.11. The Morgan fingerprint density at radius 2 is 2.09 bits per heavy atom. The number of pyridine rings is 1. The van der Waals surface area contributed by atoms with E-state index in [-0.39, 0.29) is 18.6 Å². The molecule has 0 atom stereocenters. The average molecular weight is 305 g/mol. The first kappa shape index (κ1) is 18.1. The number of hydrogen-bond donors (Lipinski definition) is 1. The van der Waals surface area contributed by atoms with Crippen molar-refractivity contribution in [2.24, 2.45) is 4.99 Å². The number of anilines is 1. The largest absolute Gasteiger partial charge is 0.459 e. The number of hydrogen-bond acceptors (Lipinski definition) is 5. The number of rotatable bonds is 6. The van der Waals surface area contributed by atoms with Crippen molar-refractivity contribution in [2.45, 2.75) is 59.6 Å². The van der Waals surface area contributed by atoms with E-state index in [0.29, 0.717) is 0 Å². The Hall–Kier alpha value is -1.91. The molecule has 0 spiro atoms. The van der Waals surface area contributed by atoms with Crippen molar-refractivity contribution in [3.8, 4) is 0 Å². The van der Waals surface area contributed by atoms with Crippen LogP contribution in [0.15, 0.2) is 23.5 Å². The van der Waals surface area contributed by atoms with Gasteiger partial charge in [0.25, 0.3) is 0 Å². The lowest BCUT2D eigenvalue weighted by Gasteiger charge is -2.20. The molecule has 1 heterocycles. The van der Waals surface area contributed by atoms with E-state index >= 15 is 0 Å². The molecule has 5 heteroatoms. The third-order valence-corrected chi connectivity index (χ3v) is 2.72. The van der Waals surface area contributed by atoms with E-state index in [1.165, 1.54) is 0 Å². The first-order valence-electron chi connectivity index (χ1n) is 7.69. The molecular formula is C17H27N3O2. The zero-order valence-electron chi connectivity index (χ0n) is 14.4. The second-order valence-corrected chi connectivity index (χ2v) is 6.38. The summed E-state index contributed by atoms with van der Waals surface area (Å²) in [6.07, 6.45) is 4.27. The highest BCUT2D eigenvalue weighted by Crippen LogP contribution is 2.17. The number of ether oxygens (including phenoxy) is 1. The number of nitrogens with zero attached hydrogens (tertiary/aromatic N) is 2. The van der Waals surface area contributed by atoms with E-state index < -0.39 is 5.60 Å². The molecule has 0 aliphatic rings. The van der Waals surface area contributed by atoms with Crippen LogP contribution in [0.2, 0.25) is 0 Å². The molecule has 0 aromatic carbocycles. The molecule has 22 heavy (non-hydrogen) atoms. The van der Waals surface area contributed by atoms with Gasteiger partial charge in [0.05, 0.1) is 11.9 Å². The summed E-state index contributed by atoms with van der Waals surface area (Å²) in [5.74, 6) is -0.291. The van der Waals surface area contributed by atoms with Crippen LogP contribution in [0.25, 0.3) is 0 Å². The zero-order chi connectivity index (χ0) is 16.8. The van der Waals surface area contributed by atoms with E-state index in [1.54, 1.807) is 12.4 Å². The zero-order valence-corrected chi connectivity index (χ0v) is 14.4. The minimum absolute atomic E-state index is 0.106. The predicted molar refractivity (Wildman–Crippen MR) is 90.5 cm³/mol. The summed E-state index contributed by atoms with van der Waals surface area (Å²) in [6.45, 7) is 11.8. The predicted octanol–water partition coefficient (Wildman–Crippen LogP) is 3.44. The second kappa shape index (κ2) is 7.92. The monoisotopic (exact) mass is 305 g/mol. The van der Waals surface area contributed by atoms with Crippen LogP contribution in [0, 0.1) is 0 Å². The lowest BCUT2D eigenvalue weighted by Crippen LogP contribution is -2.28. The highest BCUT2D eigenvalue weighted by Gasteiger charge is 2.16. The number of esters is 1. The van der Waals surface area contributed by atoms with E-state index in [1.807, 2.05) is 40.7 Å². The Kier molecular flexibility index (Phi) is 6.53. The van der Waals surface area contributed by atoms with Crippen molar-refractivity contribution in [1.29, 1.82) is 0 Å². The van der Waals surface area contributed by atoms with Crippen LogP contribution in [0.3, 0.4) is 0 Å². The quantitative estimate of drug-likeness (QED) is 0.646. The summed E-state index contributed by atoms with van der Waals surface area (Å²) in [5.41, 5.74) is 2.30. The molecule has 1 N–H and O–H groups in total. The van der Waals surface area contributed by atoms with Crippen molar-refractivity contribution in [3.63, 3.8) is 0 Å². The van der Waals surface area contributed by atoms with E-state index in [2.05, 4.69) is 22.2 Å². The molecule has 1 aromatic heterocycles. The van der Waals surface area contributed by atoms with Gasteiger partial charge in [0.2, 0.25) is 0 Å². The molecule has 0 unspecified atom stereocenters. The summed E-state index contributed by atoms with van der Waals surface area (Å²) < 4.78 is 5.30. The SMILES string of the molecule is CCC(=NC(C)C)c1ccncc1NCC(=O)OC(C)(C)C. The Labute approximate surface area is 133 Å².